The van der Waals surface area contributed by atoms with E-state index in [4.69, 9.17) is 15.2 Å². The zero-order valence-corrected chi connectivity index (χ0v) is 7.89. The van der Waals surface area contributed by atoms with E-state index in [0.29, 0.717) is 22.1 Å². The average molecular weight is 185 g/mol. The average Bonchev–Trinajstić information content (AvgIpc) is 2.09. The number of hydrogen-bond donors (Lipinski definition) is 2. The van der Waals surface area contributed by atoms with E-state index in [-0.39, 0.29) is 0 Å². The zero-order valence-electron chi connectivity index (χ0n) is 7.00. The SMILES string of the molecule is COc1cc(S)c(N)c(OC)c1. The summed E-state index contributed by atoms with van der Waals surface area (Å²) in [6.45, 7) is 0. The third-order valence-electron chi connectivity index (χ3n) is 1.55. The molecule has 0 aromatic heterocycles. The lowest BCUT2D eigenvalue weighted by atomic mass is 10.3. The fourth-order valence-electron chi connectivity index (χ4n) is 0.874. The Balaban J connectivity index is 3.19. The minimum absolute atomic E-state index is 0.529. The summed E-state index contributed by atoms with van der Waals surface area (Å²) in [4.78, 5) is 0.659. The van der Waals surface area contributed by atoms with Crippen LogP contribution in [0, 0.1) is 0 Å². The predicted molar refractivity (Wildman–Crippen MR) is 51.2 cm³/mol. The number of hydrogen-bond acceptors (Lipinski definition) is 4. The van der Waals surface area contributed by atoms with Gasteiger partial charge in [0.1, 0.15) is 11.5 Å². The molecule has 0 aliphatic rings. The van der Waals surface area contributed by atoms with Crippen molar-refractivity contribution in [2.24, 2.45) is 0 Å². The molecule has 0 saturated heterocycles. The van der Waals surface area contributed by atoms with Gasteiger partial charge in [0.05, 0.1) is 19.9 Å². The van der Waals surface area contributed by atoms with E-state index in [9.17, 15) is 0 Å². The van der Waals surface area contributed by atoms with Crippen molar-refractivity contribution in [1.82, 2.24) is 0 Å². The first-order valence-corrected chi connectivity index (χ1v) is 3.84. The topological polar surface area (TPSA) is 44.5 Å². The van der Waals surface area contributed by atoms with Gasteiger partial charge in [0.2, 0.25) is 0 Å². The van der Waals surface area contributed by atoms with Crippen LogP contribution in [0.4, 0.5) is 5.69 Å². The van der Waals surface area contributed by atoms with E-state index in [1.165, 1.54) is 0 Å². The van der Waals surface area contributed by atoms with Gasteiger partial charge in [-0.25, -0.2) is 0 Å². The monoisotopic (exact) mass is 185 g/mol. The second-order valence-corrected chi connectivity index (χ2v) is 2.74. The number of thiol groups is 1. The molecule has 2 N–H and O–H groups in total. The molecular formula is C8H11NO2S. The normalized spacial score (nSPS) is 9.58. The van der Waals surface area contributed by atoms with Crippen LogP contribution in [0.2, 0.25) is 0 Å². The zero-order chi connectivity index (χ0) is 9.14. The first-order chi connectivity index (χ1) is 5.69. The van der Waals surface area contributed by atoms with Crippen LogP contribution in [-0.2, 0) is 0 Å². The fourth-order valence-corrected chi connectivity index (χ4v) is 1.11. The van der Waals surface area contributed by atoms with Crippen molar-refractivity contribution in [2.45, 2.75) is 4.90 Å². The summed E-state index contributed by atoms with van der Waals surface area (Å²) in [6.07, 6.45) is 0. The minimum Gasteiger partial charge on any atom is -0.497 e. The maximum absolute atomic E-state index is 5.66. The van der Waals surface area contributed by atoms with Crippen molar-refractivity contribution in [3.8, 4) is 11.5 Å². The Morgan fingerprint density at radius 1 is 1.25 bits per heavy atom. The predicted octanol–water partition coefficient (Wildman–Crippen LogP) is 1.57. The van der Waals surface area contributed by atoms with Gasteiger partial charge in [0, 0.05) is 11.0 Å². The van der Waals surface area contributed by atoms with Crippen LogP contribution in [0.15, 0.2) is 17.0 Å². The summed E-state index contributed by atoms with van der Waals surface area (Å²) in [6, 6.07) is 3.45. The van der Waals surface area contributed by atoms with Crippen LogP contribution in [0.5, 0.6) is 11.5 Å². The van der Waals surface area contributed by atoms with Crippen LogP contribution in [0.3, 0.4) is 0 Å². The van der Waals surface area contributed by atoms with Crippen LogP contribution >= 0.6 is 12.6 Å². The lowest BCUT2D eigenvalue weighted by molar-refractivity contribution is 0.394. The van der Waals surface area contributed by atoms with Crippen molar-refractivity contribution >= 4 is 18.3 Å². The highest BCUT2D eigenvalue weighted by atomic mass is 32.1. The smallest absolute Gasteiger partial charge is 0.146 e. The van der Waals surface area contributed by atoms with Gasteiger partial charge in [-0.3, -0.25) is 0 Å². The molecule has 3 nitrogen and oxygen atoms in total. The molecule has 0 fully saturated rings. The van der Waals surface area contributed by atoms with E-state index >= 15 is 0 Å². The third-order valence-corrected chi connectivity index (χ3v) is 1.92. The molecule has 0 unspecified atom stereocenters. The minimum atomic E-state index is 0.529. The molecule has 1 rings (SSSR count). The van der Waals surface area contributed by atoms with Gasteiger partial charge >= 0.3 is 0 Å². The summed E-state index contributed by atoms with van der Waals surface area (Å²) in [5, 5.41) is 0. The molecule has 0 saturated carbocycles. The summed E-state index contributed by atoms with van der Waals surface area (Å²) in [5.41, 5.74) is 6.19. The quantitative estimate of drug-likeness (QED) is 0.543. The van der Waals surface area contributed by atoms with Crippen molar-refractivity contribution in [3.05, 3.63) is 12.1 Å². The number of nitrogen functional groups attached to an aromatic ring is 1. The fraction of sp³-hybridized carbons (Fsp3) is 0.250. The van der Waals surface area contributed by atoms with Crippen LogP contribution in [0.25, 0.3) is 0 Å². The second-order valence-electron chi connectivity index (χ2n) is 2.26. The molecule has 4 heteroatoms. The van der Waals surface area contributed by atoms with Crippen molar-refractivity contribution in [2.75, 3.05) is 20.0 Å². The lowest BCUT2D eigenvalue weighted by Crippen LogP contribution is -1.94. The van der Waals surface area contributed by atoms with Crippen LogP contribution in [-0.4, -0.2) is 14.2 Å². The molecule has 0 amide bonds. The van der Waals surface area contributed by atoms with E-state index in [1.54, 1.807) is 26.4 Å². The van der Waals surface area contributed by atoms with Gasteiger partial charge in [-0.2, -0.15) is 0 Å². The highest BCUT2D eigenvalue weighted by Gasteiger charge is 2.05. The van der Waals surface area contributed by atoms with Crippen molar-refractivity contribution in [1.29, 1.82) is 0 Å². The number of rotatable bonds is 2. The molecule has 66 valence electrons. The van der Waals surface area contributed by atoms with Crippen LogP contribution < -0.4 is 15.2 Å². The molecule has 0 atom stereocenters. The van der Waals surface area contributed by atoms with Gasteiger partial charge in [-0.05, 0) is 6.07 Å². The molecule has 1 aromatic carbocycles. The first kappa shape index (κ1) is 9.06. The molecular weight excluding hydrogens is 174 g/mol. The highest BCUT2D eigenvalue weighted by Crippen LogP contribution is 2.32. The van der Waals surface area contributed by atoms with Gasteiger partial charge in [0.15, 0.2) is 0 Å². The van der Waals surface area contributed by atoms with E-state index in [2.05, 4.69) is 12.6 Å². The Hall–Kier alpha value is -1.03. The summed E-state index contributed by atoms with van der Waals surface area (Å²) < 4.78 is 10.0. The number of benzene rings is 1. The Morgan fingerprint density at radius 3 is 2.42 bits per heavy atom. The van der Waals surface area contributed by atoms with Gasteiger partial charge in [0.25, 0.3) is 0 Å². The van der Waals surface area contributed by atoms with Crippen LogP contribution in [0.1, 0.15) is 0 Å². The Labute approximate surface area is 76.9 Å². The largest absolute Gasteiger partial charge is 0.497 e. The molecule has 0 bridgehead atoms. The standard InChI is InChI=1S/C8H11NO2S/c1-10-5-3-6(11-2)8(9)7(12)4-5/h3-4,12H,9H2,1-2H3. The maximum Gasteiger partial charge on any atom is 0.146 e. The molecule has 0 radical (unpaired) electrons. The molecule has 12 heavy (non-hydrogen) atoms. The molecule has 0 heterocycles. The van der Waals surface area contributed by atoms with Crippen molar-refractivity contribution < 1.29 is 9.47 Å². The molecule has 0 aliphatic carbocycles. The lowest BCUT2D eigenvalue weighted by Gasteiger charge is -2.08. The first-order valence-electron chi connectivity index (χ1n) is 3.39. The maximum atomic E-state index is 5.66. The van der Waals surface area contributed by atoms with E-state index in [1.807, 2.05) is 0 Å². The Kier molecular flexibility index (Phi) is 2.70. The Morgan fingerprint density at radius 2 is 1.92 bits per heavy atom. The number of methoxy groups -OCH3 is 2. The van der Waals surface area contributed by atoms with Gasteiger partial charge in [-0.15, -0.1) is 12.6 Å². The summed E-state index contributed by atoms with van der Waals surface area (Å²) in [5.74, 6) is 1.27. The second kappa shape index (κ2) is 3.58. The molecule has 0 spiro atoms. The summed E-state index contributed by atoms with van der Waals surface area (Å²) >= 11 is 4.16. The highest BCUT2D eigenvalue weighted by molar-refractivity contribution is 7.80. The number of ether oxygens (including phenoxy) is 2. The Bertz CT molecular complexity index is 289. The number of anilines is 1. The van der Waals surface area contributed by atoms with Crippen molar-refractivity contribution in [3.63, 3.8) is 0 Å². The third kappa shape index (κ3) is 1.58. The summed E-state index contributed by atoms with van der Waals surface area (Å²) in [7, 11) is 3.14. The number of nitrogens with two attached hydrogens (primary N) is 1. The van der Waals surface area contributed by atoms with E-state index < -0.39 is 0 Å². The van der Waals surface area contributed by atoms with Gasteiger partial charge < -0.3 is 15.2 Å². The molecule has 1 aromatic rings. The molecule has 0 aliphatic heterocycles. The van der Waals surface area contributed by atoms with Gasteiger partial charge in [-0.1, -0.05) is 0 Å². The van der Waals surface area contributed by atoms with E-state index in [0.717, 1.165) is 0 Å².